The second-order valence-electron chi connectivity index (χ2n) is 6.64. The summed E-state index contributed by atoms with van der Waals surface area (Å²) in [6.45, 7) is 6.71. The van der Waals surface area contributed by atoms with Gasteiger partial charge in [0.05, 0.1) is 11.0 Å². The van der Waals surface area contributed by atoms with Gasteiger partial charge in [-0.1, -0.05) is 0 Å². The predicted molar refractivity (Wildman–Crippen MR) is 101 cm³/mol. The van der Waals surface area contributed by atoms with Gasteiger partial charge < -0.3 is 19.2 Å². The number of H-pyrrole nitrogens is 1. The molecule has 152 valence electrons. The Morgan fingerprint density at radius 3 is 2.45 bits per heavy atom. The van der Waals surface area contributed by atoms with E-state index in [2.05, 4.69) is 15.2 Å². The molecule has 0 fully saturated rings. The Kier molecular flexibility index (Phi) is 5.46. The quantitative estimate of drug-likeness (QED) is 0.363. The first-order valence-electron chi connectivity index (χ1n) is 8.85. The van der Waals surface area contributed by atoms with Crippen LogP contribution in [-0.2, 0) is 4.74 Å². The average Bonchev–Trinajstić information content (AvgIpc) is 3.26. The molecule has 2 N–H and O–H groups in total. The molecule has 0 spiro atoms. The van der Waals surface area contributed by atoms with Crippen molar-refractivity contribution in [2.45, 2.75) is 39.9 Å². The zero-order valence-electron chi connectivity index (χ0n) is 16.3. The summed E-state index contributed by atoms with van der Waals surface area (Å²) < 4.78 is 11.0. The molecule has 0 saturated heterocycles. The first-order valence-corrected chi connectivity index (χ1v) is 8.85. The van der Waals surface area contributed by atoms with E-state index in [4.69, 9.17) is 9.15 Å². The van der Waals surface area contributed by atoms with Gasteiger partial charge in [0.15, 0.2) is 6.10 Å². The summed E-state index contributed by atoms with van der Waals surface area (Å²) in [6, 6.07) is 5.65. The van der Waals surface area contributed by atoms with Crippen molar-refractivity contribution in [2.24, 2.45) is 0 Å². The van der Waals surface area contributed by atoms with Crippen LogP contribution in [0.2, 0.25) is 0 Å². The Morgan fingerprint density at radius 1 is 1.24 bits per heavy atom. The molecule has 2 heterocycles. The number of nitrogens with one attached hydrogen (secondary N) is 1. The largest absolute Gasteiger partial charge is 0.448 e. The Morgan fingerprint density at radius 2 is 1.90 bits per heavy atom. The Labute approximate surface area is 165 Å². The summed E-state index contributed by atoms with van der Waals surface area (Å²) in [5.74, 6) is -0.371. The number of aromatic nitrogens is 3. The van der Waals surface area contributed by atoms with Crippen LogP contribution in [0, 0.1) is 24.0 Å². The van der Waals surface area contributed by atoms with Crippen LogP contribution in [0.4, 0.5) is 5.69 Å². The number of benzene rings is 1. The van der Waals surface area contributed by atoms with E-state index in [9.17, 15) is 20.0 Å². The molecule has 0 bridgehead atoms. The van der Waals surface area contributed by atoms with Crippen molar-refractivity contribution in [3.05, 3.63) is 62.8 Å². The van der Waals surface area contributed by atoms with E-state index in [1.54, 1.807) is 27.7 Å². The van der Waals surface area contributed by atoms with E-state index in [0.717, 1.165) is 0 Å². The van der Waals surface area contributed by atoms with Gasteiger partial charge in [-0.05, 0) is 45.4 Å². The maximum Gasteiger partial charge on any atom is 0.355 e. The molecule has 0 aliphatic heterocycles. The lowest BCUT2D eigenvalue weighted by molar-refractivity contribution is -0.384. The second-order valence-corrected chi connectivity index (χ2v) is 6.64. The number of nitro groups is 1. The van der Waals surface area contributed by atoms with Crippen LogP contribution in [0.15, 0.2) is 28.7 Å². The van der Waals surface area contributed by atoms with Gasteiger partial charge in [-0.3, -0.25) is 10.1 Å². The molecule has 0 saturated carbocycles. The Bertz CT molecular complexity index is 1050. The van der Waals surface area contributed by atoms with Crippen LogP contribution in [0.25, 0.3) is 11.5 Å². The number of nitrogens with zero attached hydrogens (tertiary/aromatic N) is 3. The fraction of sp³-hybridized carbons (Fsp3) is 0.316. The molecule has 1 aromatic carbocycles. The zero-order chi connectivity index (χ0) is 21.3. The number of aryl methyl sites for hydroxylation is 1. The van der Waals surface area contributed by atoms with Crippen LogP contribution in [0.5, 0.6) is 0 Å². The van der Waals surface area contributed by atoms with Crippen molar-refractivity contribution >= 4 is 11.7 Å². The lowest BCUT2D eigenvalue weighted by Crippen LogP contribution is -2.11. The Balaban J connectivity index is 1.75. The molecule has 0 unspecified atom stereocenters. The summed E-state index contributed by atoms with van der Waals surface area (Å²) in [7, 11) is 0. The third-order valence-corrected chi connectivity index (χ3v) is 4.51. The third-order valence-electron chi connectivity index (χ3n) is 4.51. The first kappa shape index (κ1) is 20.2. The predicted octanol–water partition coefficient (Wildman–Crippen LogP) is 3.56. The minimum Gasteiger partial charge on any atom is -0.448 e. The number of nitro benzene ring substituents is 1. The molecule has 10 heteroatoms. The molecule has 0 radical (unpaired) electrons. The molecule has 0 amide bonds. The van der Waals surface area contributed by atoms with Crippen LogP contribution < -0.4 is 0 Å². The van der Waals surface area contributed by atoms with E-state index < -0.39 is 23.1 Å². The standard InChI is InChI=1S/C19H20N4O6/c1-9-15(11(3)24)10(2)20-16(9)19(25)28-12(4)17-21-22-18(29-17)13-5-7-14(8-6-13)23(26)27/h5-8,11-12,20,24H,1-4H3/t11-,12+/m1/s1. The average molecular weight is 400 g/mol. The topological polar surface area (TPSA) is 144 Å². The Hall–Kier alpha value is -3.53. The van der Waals surface area contributed by atoms with Gasteiger partial charge in [0.25, 0.3) is 11.6 Å². The van der Waals surface area contributed by atoms with E-state index >= 15 is 0 Å². The van der Waals surface area contributed by atoms with E-state index in [-0.39, 0.29) is 23.2 Å². The minimum absolute atomic E-state index is 0.0519. The SMILES string of the molecule is Cc1[nH]c(C(=O)O[C@@H](C)c2nnc(-c3ccc([N+](=O)[O-])cc3)o2)c(C)c1[C@@H](C)O. The smallest absolute Gasteiger partial charge is 0.355 e. The lowest BCUT2D eigenvalue weighted by atomic mass is 10.1. The van der Waals surface area contributed by atoms with Gasteiger partial charge in [0, 0.05) is 29.0 Å². The number of ether oxygens (including phenoxy) is 1. The molecular weight excluding hydrogens is 380 g/mol. The summed E-state index contributed by atoms with van der Waals surface area (Å²) in [4.78, 5) is 25.7. The van der Waals surface area contributed by atoms with Gasteiger partial charge in [-0.2, -0.15) is 0 Å². The van der Waals surface area contributed by atoms with Gasteiger partial charge in [-0.15, -0.1) is 10.2 Å². The summed E-state index contributed by atoms with van der Waals surface area (Å²) in [5.41, 5.74) is 2.67. The summed E-state index contributed by atoms with van der Waals surface area (Å²) >= 11 is 0. The van der Waals surface area contributed by atoms with Gasteiger partial charge in [-0.25, -0.2) is 4.79 Å². The van der Waals surface area contributed by atoms with Crippen LogP contribution in [0.1, 0.15) is 59.3 Å². The molecule has 3 aromatic rings. The highest BCUT2D eigenvalue weighted by atomic mass is 16.6. The van der Waals surface area contributed by atoms with Crippen molar-refractivity contribution < 1.29 is 24.0 Å². The number of non-ortho nitro benzene ring substituents is 1. The second kappa shape index (κ2) is 7.84. The maximum absolute atomic E-state index is 12.5. The van der Waals surface area contributed by atoms with Crippen LogP contribution in [-0.4, -0.2) is 31.2 Å². The van der Waals surface area contributed by atoms with Crippen LogP contribution >= 0.6 is 0 Å². The summed E-state index contributed by atoms with van der Waals surface area (Å²) in [6.07, 6.45) is -1.54. The van der Waals surface area contributed by atoms with Crippen molar-refractivity contribution in [1.29, 1.82) is 0 Å². The van der Waals surface area contributed by atoms with Gasteiger partial charge in [0.1, 0.15) is 5.69 Å². The fourth-order valence-electron chi connectivity index (χ4n) is 3.11. The minimum atomic E-state index is -0.820. The number of aliphatic hydroxyl groups excluding tert-OH is 1. The van der Waals surface area contributed by atoms with Crippen molar-refractivity contribution in [3.8, 4) is 11.5 Å². The van der Waals surface area contributed by atoms with Gasteiger partial charge >= 0.3 is 5.97 Å². The lowest BCUT2D eigenvalue weighted by Gasteiger charge is -2.09. The molecular formula is C19H20N4O6. The molecule has 0 aliphatic carbocycles. The monoisotopic (exact) mass is 400 g/mol. The van der Waals surface area contributed by atoms with E-state index in [1.165, 1.54) is 24.3 Å². The maximum atomic E-state index is 12.5. The molecule has 3 rings (SSSR count). The van der Waals surface area contributed by atoms with Crippen molar-refractivity contribution in [2.75, 3.05) is 0 Å². The molecule has 29 heavy (non-hydrogen) atoms. The highest BCUT2D eigenvalue weighted by Crippen LogP contribution is 2.28. The number of carbonyl (C=O) groups excluding carboxylic acids is 1. The number of esters is 1. The van der Waals surface area contributed by atoms with E-state index in [0.29, 0.717) is 22.4 Å². The van der Waals surface area contributed by atoms with E-state index in [1.807, 2.05) is 0 Å². The van der Waals surface area contributed by atoms with Gasteiger partial charge in [0.2, 0.25) is 5.89 Å². The highest BCUT2D eigenvalue weighted by Gasteiger charge is 2.25. The number of aliphatic hydroxyl groups is 1. The van der Waals surface area contributed by atoms with Crippen molar-refractivity contribution in [1.82, 2.24) is 15.2 Å². The first-order chi connectivity index (χ1) is 13.7. The molecule has 10 nitrogen and oxygen atoms in total. The number of hydrogen-bond donors (Lipinski definition) is 2. The zero-order valence-corrected chi connectivity index (χ0v) is 16.3. The number of hydrogen-bond acceptors (Lipinski definition) is 8. The highest BCUT2D eigenvalue weighted by molar-refractivity contribution is 5.90. The molecule has 2 atom stereocenters. The van der Waals surface area contributed by atoms with Crippen LogP contribution in [0.3, 0.4) is 0 Å². The normalized spacial score (nSPS) is 13.1. The number of rotatable bonds is 6. The fourth-order valence-corrected chi connectivity index (χ4v) is 3.11. The molecule has 2 aromatic heterocycles. The third kappa shape index (κ3) is 4.02. The number of carbonyl (C=O) groups is 1. The molecule has 0 aliphatic rings. The number of aromatic amines is 1. The van der Waals surface area contributed by atoms with Crippen molar-refractivity contribution in [3.63, 3.8) is 0 Å². The summed E-state index contributed by atoms with van der Waals surface area (Å²) in [5, 5.41) is 28.4.